The molecule has 0 fully saturated rings. The fraction of sp³-hybridized carbons (Fsp3) is 0.250. The van der Waals surface area contributed by atoms with Crippen molar-refractivity contribution in [1.29, 1.82) is 0 Å². The summed E-state index contributed by atoms with van der Waals surface area (Å²) in [6, 6.07) is 4.80. The lowest BCUT2D eigenvalue weighted by Crippen LogP contribution is -1.95. The molecule has 0 unspecified atom stereocenters. The third-order valence-corrected chi connectivity index (χ3v) is 2.38. The number of aliphatic hydroxyl groups excluding tert-OH is 1. The first-order valence-electron chi connectivity index (χ1n) is 3.61. The first kappa shape index (κ1) is 10.0. The van der Waals surface area contributed by atoms with Gasteiger partial charge < -0.3 is 5.11 Å². The van der Waals surface area contributed by atoms with E-state index in [1.165, 1.54) is 17.8 Å². The maximum Gasteiger partial charge on any atom is 0.276 e. The number of nitro groups is 1. The third kappa shape index (κ3) is 2.19. The van der Waals surface area contributed by atoms with E-state index in [1.54, 1.807) is 12.1 Å². The predicted molar refractivity (Wildman–Crippen MR) is 50.8 cm³/mol. The second-order valence-corrected chi connectivity index (χ2v) is 3.29. The minimum atomic E-state index is -0.481. The number of aliphatic hydroxyl groups is 1. The molecule has 1 rings (SSSR count). The van der Waals surface area contributed by atoms with Crippen molar-refractivity contribution in [2.24, 2.45) is 0 Å². The number of hydrogen-bond acceptors (Lipinski definition) is 4. The van der Waals surface area contributed by atoms with Gasteiger partial charge in [0.2, 0.25) is 0 Å². The lowest BCUT2D eigenvalue weighted by Gasteiger charge is -2.00. The maximum absolute atomic E-state index is 10.5. The number of nitrogens with zero attached hydrogens (tertiary/aromatic N) is 1. The van der Waals surface area contributed by atoms with Crippen molar-refractivity contribution in [1.82, 2.24) is 0 Å². The number of benzene rings is 1. The highest BCUT2D eigenvalue weighted by atomic mass is 32.2. The van der Waals surface area contributed by atoms with Crippen LogP contribution in [0.3, 0.4) is 0 Å². The number of hydrogen-bond donors (Lipinski definition) is 1. The number of rotatable bonds is 3. The van der Waals surface area contributed by atoms with Gasteiger partial charge in [-0.05, 0) is 18.4 Å². The summed E-state index contributed by atoms with van der Waals surface area (Å²) in [4.78, 5) is 10.9. The van der Waals surface area contributed by atoms with E-state index in [-0.39, 0.29) is 12.3 Å². The zero-order valence-corrected chi connectivity index (χ0v) is 7.87. The van der Waals surface area contributed by atoms with E-state index in [0.717, 1.165) is 4.90 Å². The van der Waals surface area contributed by atoms with E-state index in [4.69, 9.17) is 5.11 Å². The predicted octanol–water partition coefficient (Wildman–Crippen LogP) is 1.81. The smallest absolute Gasteiger partial charge is 0.276 e. The van der Waals surface area contributed by atoms with E-state index in [1.807, 2.05) is 6.26 Å². The molecule has 5 heteroatoms. The van der Waals surface area contributed by atoms with Crippen LogP contribution in [0, 0.1) is 10.1 Å². The normalized spacial score (nSPS) is 10.0. The summed E-state index contributed by atoms with van der Waals surface area (Å²) in [6.07, 6.45) is 1.84. The van der Waals surface area contributed by atoms with E-state index in [9.17, 15) is 10.1 Å². The number of thioether (sulfide) groups is 1. The summed E-state index contributed by atoms with van der Waals surface area (Å²) < 4.78 is 0. The molecule has 0 aliphatic rings. The maximum atomic E-state index is 10.5. The molecule has 1 aromatic carbocycles. The standard InChI is InChI=1S/C8H9NO3S/c1-13-7-3-2-6(5-10)8(4-7)9(11)12/h2-4,10H,5H2,1H3. The number of nitro benzene ring substituents is 1. The highest BCUT2D eigenvalue weighted by Gasteiger charge is 2.12. The van der Waals surface area contributed by atoms with Crippen molar-refractivity contribution >= 4 is 17.4 Å². The summed E-state index contributed by atoms with van der Waals surface area (Å²) in [7, 11) is 0. The van der Waals surface area contributed by atoms with Crippen LogP contribution < -0.4 is 0 Å². The van der Waals surface area contributed by atoms with Gasteiger partial charge in [0.1, 0.15) is 0 Å². The zero-order chi connectivity index (χ0) is 9.84. The molecule has 0 aliphatic heterocycles. The molecular formula is C8H9NO3S. The molecule has 1 N–H and O–H groups in total. The van der Waals surface area contributed by atoms with Gasteiger partial charge in [-0.3, -0.25) is 10.1 Å². The Bertz CT molecular complexity index is 327. The summed E-state index contributed by atoms with van der Waals surface area (Å²) >= 11 is 1.43. The minimum absolute atomic E-state index is 0.0191. The second kappa shape index (κ2) is 4.25. The molecule has 1 aromatic rings. The van der Waals surface area contributed by atoms with Crippen LogP contribution in [0.15, 0.2) is 23.1 Å². The monoisotopic (exact) mass is 199 g/mol. The van der Waals surface area contributed by atoms with Crippen LogP contribution in [0.2, 0.25) is 0 Å². The molecule has 0 aromatic heterocycles. The van der Waals surface area contributed by atoms with Crippen molar-refractivity contribution in [3.05, 3.63) is 33.9 Å². The van der Waals surface area contributed by atoms with Crippen molar-refractivity contribution in [3.63, 3.8) is 0 Å². The quantitative estimate of drug-likeness (QED) is 0.458. The van der Waals surface area contributed by atoms with Crippen LogP contribution in [0.1, 0.15) is 5.56 Å². The van der Waals surface area contributed by atoms with E-state index >= 15 is 0 Å². The fourth-order valence-electron chi connectivity index (χ4n) is 0.974. The molecule has 0 bridgehead atoms. The Morgan fingerprint density at radius 3 is 2.77 bits per heavy atom. The molecule has 0 saturated heterocycles. The van der Waals surface area contributed by atoms with Crippen molar-refractivity contribution in [2.45, 2.75) is 11.5 Å². The Labute approximate surface area is 79.7 Å². The SMILES string of the molecule is CSc1ccc(CO)c([N+](=O)[O-])c1. The minimum Gasteiger partial charge on any atom is -0.391 e. The molecule has 0 saturated carbocycles. The highest BCUT2D eigenvalue weighted by molar-refractivity contribution is 7.98. The molecule has 70 valence electrons. The van der Waals surface area contributed by atoms with Crippen molar-refractivity contribution in [3.8, 4) is 0 Å². The lowest BCUT2D eigenvalue weighted by atomic mass is 10.2. The van der Waals surface area contributed by atoms with E-state index in [2.05, 4.69) is 0 Å². The molecule has 0 heterocycles. The van der Waals surface area contributed by atoms with Gasteiger partial charge in [-0.25, -0.2) is 0 Å². The molecule has 13 heavy (non-hydrogen) atoms. The molecule has 0 aliphatic carbocycles. The first-order valence-corrected chi connectivity index (χ1v) is 4.83. The Morgan fingerprint density at radius 2 is 2.31 bits per heavy atom. The molecule has 0 amide bonds. The highest BCUT2D eigenvalue weighted by Crippen LogP contribution is 2.24. The summed E-state index contributed by atoms with van der Waals surface area (Å²) in [6.45, 7) is -0.301. The van der Waals surface area contributed by atoms with Gasteiger partial charge in [-0.1, -0.05) is 0 Å². The Kier molecular flexibility index (Phi) is 3.27. The second-order valence-electron chi connectivity index (χ2n) is 2.41. The van der Waals surface area contributed by atoms with Gasteiger partial charge in [0.25, 0.3) is 5.69 Å². The van der Waals surface area contributed by atoms with Gasteiger partial charge in [-0.15, -0.1) is 11.8 Å². The van der Waals surface area contributed by atoms with Gasteiger partial charge in [0.15, 0.2) is 0 Å². The largest absolute Gasteiger partial charge is 0.391 e. The molecule has 4 nitrogen and oxygen atoms in total. The van der Waals surface area contributed by atoms with Gasteiger partial charge in [-0.2, -0.15) is 0 Å². The van der Waals surface area contributed by atoms with Crippen molar-refractivity contribution < 1.29 is 10.0 Å². The summed E-state index contributed by atoms with van der Waals surface area (Å²) in [5.41, 5.74) is 0.331. The van der Waals surface area contributed by atoms with Crippen LogP contribution in [0.5, 0.6) is 0 Å². The fourth-order valence-corrected chi connectivity index (χ4v) is 1.41. The lowest BCUT2D eigenvalue weighted by molar-refractivity contribution is -0.386. The van der Waals surface area contributed by atoms with Crippen LogP contribution >= 0.6 is 11.8 Å². The summed E-state index contributed by atoms with van der Waals surface area (Å²) in [5, 5.41) is 19.4. The van der Waals surface area contributed by atoms with Gasteiger partial charge in [0.05, 0.1) is 17.1 Å². The Morgan fingerprint density at radius 1 is 1.62 bits per heavy atom. The van der Waals surface area contributed by atoms with E-state index < -0.39 is 4.92 Å². The summed E-state index contributed by atoms with van der Waals surface area (Å²) in [5.74, 6) is 0. The molecule has 0 radical (unpaired) electrons. The average molecular weight is 199 g/mol. The topological polar surface area (TPSA) is 63.4 Å². The van der Waals surface area contributed by atoms with Crippen LogP contribution in [0.25, 0.3) is 0 Å². The van der Waals surface area contributed by atoms with Gasteiger partial charge in [0, 0.05) is 11.0 Å². The zero-order valence-electron chi connectivity index (χ0n) is 7.06. The van der Waals surface area contributed by atoms with Crippen LogP contribution in [-0.2, 0) is 6.61 Å². The average Bonchev–Trinajstić information content (AvgIpc) is 2.16. The molecular weight excluding hydrogens is 190 g/mol. The van der Waals surface area contributed by atoms with E-state index in [0.29, 0.717) is 5.56 Å². The van der Waals surface area contributed by atoms with Crippen LogP contribution in [-0.4, -0.2) is 16.3 Å². The molecule has 0 spiro atoms. The van der Waals surface area contributed by atoms with Crippen molar-refractivity contribution in [2.75, 3.05) is 6.26 Å². The van der Waals surface area contributed by atoms with Gasteiger partial charge >= 0.3 is 0 Å². The first-order chi connectivity index (χ1) is 6.19. The Balaban J connectivity index is 3.18. The van der Waals surface area contributed by atoms with Crippen LogP contribution in [0.4, 0.5) is 5.69 Å². The third-order valence-electron chi connectivity index (χ3n) is 1.66. The Hall–Kier alpha value is -1.07. The molecule has 0 atom stereocenters.